The Kier molecular flexibility index (Phi) is 4.01. The van der Waals surface area contributed by atoms with E-state index >= 15 is 0 Å². The van der Waals surface area contributed by atoms with E-state index in [0.29, 0.717) is 46.8 Å². The molecule has 3 aromatic rings. The zero-order valence-electron chi connectivity index (χ0n) is 15.4. The number of aryl methyl sites for hydroxylation is 1. The third-order valence-corrected chi connectivity index (χ3v) is 6.32. The number of carbonyl (C=O) groups excluding carboxylic acids is 2. The van der Waals surface area contributed by atoms with Gasteiger partial charge in [-0.3, -0.25) is 9.59 Å². The number of benzene rings is 1. The zero-order chi connectivity index (χ0) is 20.3. The van der Waals surface area contributed by atoms with Crippen LogP contribution in [-0.2, 0) is 12.2 Å². The first-order valence-corrected chi connectivity index (χ1v) is 9.85. The van der Waals surface area contributed by atoms with Crippen LogP contribution in [0.3, 0.4) is 0 Å². The van der Waals surface area contributed by atoms with Crippen molar-refractivity contribution in [3.05, 3.63) is 75.4 Å². The summed E-state index contributed by atoms with van der Waals surface area (Å²) in [4.78, 5) is 30.3. The van der Waals surface area contributed by atoms with Crippen LogP contribution in [0.5, 0.6) is 0 Å². The van der Waals surface area contributed by atoms with Crippen LogP contribution in [0, 0.1) is 6.92 Å². The van der Waals surface area contributed by atoms with Gasteiger partial charge < -0.3 is 18.9 Å². The Morgan fingerprint density at radius 2 is 1.90 bits per heavy atom. The summed E-state index contributed by atoms with van der Waals surface area (Å²) in [5, 5.41) is 4.85. The third-order valence-electron chi connectivity index (χ3n) is 5.74. The molecule has 1 saturated heterocycles. The number of hydrogen-bond acceptors (Lipinski definition) is 4. The fourth-order valence-electron chi connectivity index (χ4n) is 4.34. The molecule has 0 radical (unpaired) electrons. The Balaban J connectivity index is 1.72. The molecule has 148 valence electrons. The van der Waals surface area contributed by atoms with Crippen molar-refractivity contribution in [2.24, 2.45) is 0 Å². The fraction of sp³-hybridized carbons (Fsp3) is 0.250. The average Bonchev–Trinajstić information content (AvgIpc) is 3.40. The lowest BCUT2D eigenvalue weighted by Crippen LogP contribution is -2.60. The largest absolute Gasteiger partial charge is 0.364 e. The molecule has 0 bridgehead atoms. The minimum absolute atomic E-state index is 0.171. The minimum atomic E-state index is -1.03. The number of halogens is 2. The molecule has 7 nitrogen and oxygen atoms in total. The van der Waals surface area contributed by atoms with E-state index < -0.39 is 5.66 Å². The second-order valence-corrected chi connectivity index (χ2v) is 8.00. The van der Waals surface area contributed by atoms with E-state index in [0.717, 1.165) is 5.56 Å². The molecule has 2 aromatic heterocycles. The molecule has 0 N–H and O–H groups in total. The highest BCUT2D eigenvalue weighted by Gasteiger charge is 2.56. The van der Waals surface area contributed by atoms with E-state index in [1.807, 2.05) is 12.1 Å². The van der Waals surface area contributed by atoms with Crippen molar-refractivity contribution >= 4 is 35.0 Å². The molecule has 29 heavy (non-hydrogen) atoms. The highest BCUT2D eigenvalue weighted by molar-refractivity contribution is 6.30. The monoisotopic (exact) mass is 430 g/mol. The van der Waals surface area contributed by atoms with Crippen LogP contribution >= 0.6 is 23.2 Å². The lowest BCUT2D eigenvalue weighted by Gasteiger charge is -2.47. The van der Waals surface area contributed by atoms with Gasteiger partial charge in [0.05, 0.1) is 12.2 Å². The molecular weight excluding hydrogens is 415 g/mol. The Morgan fingerprint density at radius 3 is 2.59 bits per heavy atom. The van der Waals surface area contributed by atoms with Crippen LogP contribution in [0.2, 0.25) is 10.2 Å². The molecule has 1 unspecified atom stereocenters. The predicted molar refractivity (Wildman–Crippen MR) is 106 cm³/mol. The van der Waals surface area contributed by atoms with Gasteiger partial charge in [0, 0.05) is 23.7 Å². The van der Waals surface area contributed by atoms with Crippen LogP contribution in [0.25, 0.3) is 0 Å². The second kappa shape index (κ2) is 6.37. The van der Waals surface area contributed by atoms with Crippen molar-refractivity contribution in [1.29, 1.82) is 0 Å². The summed E-state index contributed by atoms with van der Waals surface area (Å²) in [5.41, 5.74) is 1.14. The molecule has 2 aliphatic rings. The quantitative estimate of drug-likeness (QED) is 0.622. The zero-order valence-corrected chi connectivity index (χ0v) is 16.9. The van der Waals surface area contributed by atoms with Gasteiger partial charge in [0.25, 0.3) is 11.8 Å². The van der Waals surface area contributed by atoms with Crippen molar-refractivity contribution in [1.82, 2.24) is 19.5 Å². The number of nitrogens with zero attached hydrogens (tertiary/aromatic N) is 4. The van der Waals surface area contributed by atoms with Crippen LogP contribution < -0.4 is 0 Å². The lowest BCUT2D eigenvalue weighted by atomic mass is 9.93. The molecule has 0 spiro atoms. The number of hydrogen-bond donors (Lipinski definition) is 0. The molecule has 0 aliphatic carbocycles. The number of rotatable bonds is 2. The van der Waals surface area contributed by atoms with Crippen molar-refractivity contribution < 1.29 is 14.1 Å². The van der Waals surface area contributed by atoms with E-state index in [1.165, 1.54) is 6.26 Å². The molecule has 5 rings (SSSR count). The van der Waals surface area contributed by atoms with Gasteiger partial charge in [-0.2, -0.15) is 0 Å². The average molecular weight is 431 g/mol. The van der Waals surface area contributed by atoms with Gasteiger partial charge >= 0.3 is 0 Å². The predicted octanol–water partition coefficient (Wildman–Crippen LogP) is 3.56. The Hall–Kier alpha value is -2.77. The summed E-state index contributed by atoms with van der Waals surface area (Å²) >= 11 is 12.5. The van der Waals surface area contributed by atoms with Gasteiger partial charge in [-0.15, -0.1) is 0 Å². The van der Waals surface area contributed by atoms with Crippen LogP contribution in [0.1, 0.15) is 32.1 Å². The van der Waals surface area contributed by atoms with Crippen LogP contribution in [0.4, 0.5) is 0 Å². The number of amides is 2. The summed E-state index contributed by atoms with van der Waals surface area (Å²) in [5.74, 6) is -0.420. The summed E-state index contributed by atoms with van der Waals surface area (Å²) in [6.45, 7) is 2.81. The first-order chi connectivity index (χ1) is 13.9. The summed E-state index contributed by atoms with van der Waals surface area (Å²) in [6, 6.07) is 10.6. The topological polar surface area (TPSA) is 71.6 Å². The maximum absolute atomic E-state index is 13.5. The third kappa shape index (κ3) is 2.47. The van der Waals surface area contributed by atoms with E-state index in [4.69, 9.17) is 27.7 Å². The second-order valence-electron chi connectivity index (χ2n) is 7.18. The summed E-state index contributed by atoms with van der Waals surface area (Å²) < 4.78 is 6.73. The van der Waals surface area contributed by atoms with E-state index in [2.05, 4.69) is 5.16 Å². The molecule has 1 aromatic carbocycles. The normalized spacial score (nSPS) is 20.7. The van der Waals surface area contributed by atoms with Crippen molar-refractivity contribution in [3.8, 4) is 0 Å². The molecule has 2 amide bonds. The van der Waals surface area contributed by atoms with E-state index in [9.17, 15) is 9.59 Å². The van der Waals surface area contributed by atoms with Gasteiger partial charge in [0.1, 0.15) is 22.7 Å². The van der Waals surface area contributed by atoms with Gasteiger partial charge in [-0.25, -0.2) is 0 Å². The van der Waals surface area contributed by atoms with Gasteiger partial charge in [-0.1, -0.05) is 40.5 Å². The SMILES string of the molecule is Cc1nocc1C(=O)N1CCN2C(=O)c3ccc(Cl)n3CC12c1ccc(Cl)cc1. The first kappa shape index (κ1) is 18.3. The highest BCUT2D eigenvalue weighted by Crippen LogP contribution is 2.44. The highest BCUT2D eigenvalue weighted by atomic mass is 35.5. The molecule has 1 atom stereocenters. The van der Waals surface area contributed by atoms with E-state index in [1.54, 1.807) is 45.6 Å². The van der Waals surface area contributed by atoms with Crippen molar-refractivity contribution in [3.63, 3.8) is 0 Å². The van der Waals surface area contributed by atoms with Crippen molar-refractivity contribution in [2.45, 2.75) is 19.1 Å². The van der Waals surface area contributed by atoms with Gasteiger partial charge in [-0.05, 0) is 31.2 Å². The summed E-state index contributed by atoms with van der Waals surface area (Å²) in [7, 11) is 0. The lowest BCUT2D eigenvalue weighted by molar-refractivity contribution is -0.00592. The molecule has 4 heterocycles. The first-order valence-electron chi connectivity index (χ1n) is 9.09. The maximum atomic E-state index is 13.5. The van der Waals surface area contributed by atoms with Crippen LogP contribution in [-0.4, -0.2) is 44.4 Å². The minimum Gasteiger partial charge on any atom is -0.364 e. The van der Waals surface area contributed by atoms with Crippen LogP contribution in [0.15, 0.2) is 47.2 Å². The molecule has 9 heteroatoms. The Labute approximate surface area is 176 Å². The van der Waals surface area contributed by atoms with Gasteiger partial charge in [0.2, 0.25) is 0 Å². The Bertz CT molecular complexity index is 1140. The molecule has 1 fully saturated rings. The smallest absolute Gasteiger partial charge is 0.272 e. The fourth-order valence-corrected chi connectivity index (χ4v) is 4.68. The summed E-state index contributed by atoms with van der Waals surface area (Å²) in [6.07, 6.45) is 1.34. The Morgan fingerprint density at radius 1 is 1.14 bits per heavy atom. The number of carbonyl (C=O) groups is 2. The van der Waals surface area contributed by atoms with Gasteiger partial charge in [0.15, 0.2) is 5.66 Å². The molecular formula is C20H16Cl2N4O3. The standard InChI is InChI=1S/C20H16Cl2N4O3/c1-12-15(10-29-23-12)18(27)25-8-9-26-19(28)16-6-7-17(22)24(16)11-20(25,26)13-2-4-14(21)5-3-13/h2-7,10H,8-9,11H2,1H3. The number of fused-ring (bicyclic) bond motifs is 2. The van der Waals surface area contributed by atoms with Crippen molar-refractivity contribution in [2.75, 3.05) is 13.1 Å². The maximum Gasteiger partial charge on any atom is 0.272 e. The number of aromatic nitrogens is 2. The van der Waals surface area contributed by atoms with E-state index in [-0.39, 0.29) is 11.8 Å². The molecule has 0 saturated carbocycles. The molecule has 2 aliphatic heterocycles.